The fourth-order valence-corrected chi connectivity index (χ4v) is 2.17. The number of aliphatic imine (C=N–C) groups is 1. The number of carbonyl (C=O) groups is 1. The summed E-state index contributed by atoms with van der Waals surface area (Å²) in [5.74, 6) is 0.817. The number of amidine groups is 1. The highest BCUT2D eigenvalue weighted by Crippen LogP contribution is 2.33. The number of hydrogen-bond donors (Lipinski definition) is 0. The molecule has 3 nitrogen and oxygen atoms in total. The van der Waals surface area contributed by atoms with Gasteiger partial charge in [0.25, 0.3) is 0 Å². The summed E-state index contributed by atoms with van der Waals surface area (Å²) >= 11 is 1.27. The molecule has 0 N–H and O–H groups in total. The van der Waals surface area contributed by atoms with E-state index in [2.05, 4.69) is 4.99 Å². The van der Waals surface area contributed by atoms with Crippen LogP contribution < -0.4 is 0 Å². The first-order valence-corrected chi connectivity index (χ1v) is 5.53. The van der Waals surface area contributed by atoms with Crippen LogP contribution in [0, 0.1) is 0 Å². The average Bonchev–Trinajstić information content (AvgIpc) is 2.35. The molecular weight excluding hydrogens is 208 g/mol. The molecule has 0 radical (unpaired) electrons. The Labute approximate surface area is 93.2 Å². The van der Waals surface area contributed by atoms with Gasteiger partial charge in [0.2, 0.25) is 5.12 Å². The number of rotatable bonds is 0. The number of hydrogen-bond acceptors (Lipinski definition) is 4. The number of benzene rings is 1. The third-order valence-electron chi connectivity index (χ3n) is 2.16. The van der Waals surface area contributed by atoms with Crippen molar-refractivity contribution >= 4 is 28.4 Å². The average molecular weight is 220 g/mol. The molecule has 0 unspecified atom stereocenters. The standard InChI is InChI=1S/C11H12N2OS/c1-13(2)10-7-11(14)15-9-6-4-3-5-8(9)12-10/h3-6H,7H2,1-2H3. The first-order chi connectivity index (χ1) is 7.16. The van der Waals surface area contributed by atoms with Gasteiger partial charge in [0, 0.05) is 19.0 Å². The van der Waals surface area contributed by atoms with Crippen LogP contribution >= 0.6 is 11.8 Å². The molecule has 0 atom stereocenters. The Hall–Kier alpha value is -1.29. The van der Waals surface area contributed by atoms with Crippen LogP contribution in [0.2, 0.25) is 0 Å². The van der Waals surface area contributed by atoms with Crippen molar-refractivity contribution in [2.24, 2.45) is 4.99 Å². The van der Waals surface area contributed by atoms with Crippen molar-refractivity contribution in [2.75, 3.05) is 14.1 Å². The molecule has 15 heavy (non-hydrogen) atoms. The van der Waals surface area contributed by atoms with E-state index in [4.69, 9.17) is 0 Å². The van der Waals surface area contributed by atoms with Gasteiger partial charge in [-0.25, -0.2) is 4.99 Å². The summed E-state index contributed by atoms with van der Waals surface area (Å²) in [4.78, 5) is 18.9. The number of para-hydroxylation sites is 1. The van der Waals surface area contributed by atoms with E-state index in [9.17, 15) is 4.79 Å². The van der Waals surface area contributed by atoms with Gasteiger partial charge in [-0.1, -0.05) is 12.1 Å². The van der Waals surface area contributed by atoms with Crippen molar-refractivity contribution in [1.82, 2.24) is 4.90 Å². The highest BCUT2D eigenvalue weighted by Gasteiger charge is 2.17. The Kier molecular flexibility index (Phi) is 2.77. The molecule has 1 aromatic carbocycles. The van der Waals surface area contributed by atoms with E-state index in [0.717, 1.165) is 16.4 Å². The van der Waals surface area contributed by atoms with Crippen molar-refractivity contribution in [2.45, 2.75) is 11.3 Å². The lowest BCUT2D eigenvalue weighted by Gasteiger charge is -2.12. The van der Waals surface area contributed by atoms with E-state index in [1.165, 1.54) is 11.8 Å². The highest BCUT2D eigenvalue weighted by molar-refractivity contribution is 8.13. The molecule has 0 bridgehead atoms. The van der Waals surface area contributed by atoms with Gasteiger partial charge in [-0.2, -0.15) is 0 Å². The largest absolute Gasteiger partial charge is 0.366 e. The lowest BCUT2D eigenvalue weighted by molar-refractivity contribution is -0.110. The van der Waals surface area contributed by atoms with Crippen LogP contribution in [0.3, 0.4) is 0 Å². The van der Waals surface area contributed by atoms with Gasteiger partial charge in [0.05, 0.1) is 12.1 Å². The molecule has 1 aliphatic rings. The highest BCUT2D eigenvalue weighted by atomic mass is 32.2. The van der Waals surface area contributed by atoms with Gasteiger partial charge in [-0.3, -0.25) is 4.79 Å². The van der Waals surface area contributed by atoms with Gasteiger partial charge < -0.3 is 4.90 Å². The zero-order chi connectivity index (χ0) is 10.8. The summed E-state index contributed by atoms with van der Waals surface area (Å²) in [6, 6.07) is 7.73. The Balaban J connectivity index is 2.47. The molecule has 1 aliphatic heterocycles. The Morgan fingerprint density at radius 3 is 2.80 bits per heavy atom. The van der Waals surface area contributed by atoms with Gasteiger partial charge in [-0.05, 0) is 23.9 Å². The molecule has 0 saturated carbocycles. The molecule has 0 spiro atoms. The summed E-state index contributed by atoms with van der Waals surface area (Å²) in [6.45, 7) is 0. The van der Waals surface area contributed by atoms with E-state index in [0.29, 0.717) is 6.42 Å². The third kappa shape index (κ3) is 2.21. The quantitative estimate of drug-likeness (QED) is 0.672. The predicted octanol–water partition coefficient (Wildman–Crippen LogP) is 2.30. The Morgan fingerprint density at radius 2 is 2.07 bits per heavy atom. The third-order valence-corrected chi connectivity index (χ3v) is 3.09. The summed E-state index contributed by atoms with van der Waals surface area (Å²) in [6.07, 6.45) is 0.395. The second kappa shape index (κ2) is 4.06. The molecule has 0 aliphatic carbocycles. The molecule has 0 fully saturated rings. The van der Waals surface area contributed by atoms with Gasteiger partial charge in [0.1, 0.15) is 5.84 Å². The zero-order valence-corrected chi connectivity index (χ0v) is 9.54. The number of carbonyl (C=O) groups excluding carboxylic acids is 1. The minimum absolute atomic E-state index is 0.146. The second-order valence-corrected chi connectivity index (χ2v) is 4.64. The topological polar surface area (TPSA) is 32.7 Å². The molecule has 4 heteroatoms. The zero-order valence-electron chi connectivity index (χ0n) is 8.73. The number of nitrogens with zero attached hydrogens (tertiary/aromatic N) is 2. The van der Waals surface area contributed by atoms with Crippen LogP contribution in [0.25, 0.3) is 0 Å². The van der Waals surface area contributed by atoms with E-state index in [1.54, 1.807) is 0 Å². The van der Waals surface area contributed by atoms with Gasteiger partial charge in [0.15, 0.2) is 0 Å². The van der Waals surface area contributed by atoms with Crippen molar-refractivity contribution < 1.29 is 4.79 Å². The van der Waals surface area contributed by atoms with Crippen molar-refractivity contribution in [3.63, 3.8) is 0 Å². The second-order valence-electron chi connectivity index (χ2n) is 3.54. The van der Waals surface area contributed by atoms with E-state index < -0.39 is 0 Å². The maximum atomic E-state index is 11.6. The SMILES string of the molecule is CN(C)C1=Nc2ccccc2SC(=O)C1. The van der Waals surface area contributed by atoms with Crippen LogP contribution in [0.5, 0.6) is 0 Å². The van der Waals surface area contributed by atoms with Crippen molar-refractivity contribution in [1.29, 1.82) is 0 Å². The summed E-state index contributed by atoms with van der Waals surface area (Å²) < 4.78 is 0. The minimum Gasteiger partial charge on any atom is -0.366 e. The normalized spacial score (nSPS) is 15.3. The van der Waals surface area contributed by atoms with Gasteiger partial charge in [-0.15, -0.1) is 0 Å². The summed E-state index contributed by atoms with van der Waals surface area (Å²) in [5, 5.41) is 0.146. The lowest BCUT2D eigenvalue weighted by atomic mass is 10.3. The predicted molar refractivity (Wildman–Crippen MR) is 62.7 cm³/mol. The summed E-state index contributed by atoms with van der Waals surface area (Å²) in [7, 11) is 3.81. The lowest BCUT2D eigenvalue weighted by Crippen LogP contribution is -2.23. The molecule has 0 amide bonds. The monoisotopic (exact) mass is 220 g/mol. The van der Waals surface area contributed by atoms with E-state index in [-0.39, 0.29) is 5.12 Å². The van der Waals surface area contributed by atoms with E-state index >= 15 is 0 Å². The molecule has 0 aromatic heterocycles. The molecule has 78 valence electrons. The van der Waals surface area contributed by atoms with Crippen LogP contribution in [0.1, 0.15) is 6.42 Å². The van der Waals surface area contributed by atoms with E-state index in [1.807, 2.05) is 43.3 Å². The first-order valence-electron chi connectivity index (χ1n) is 4.71. The molecular formula is C11H12N2OS. The van der Waals surface area contributed by atoms with Crippen molar-refractivity contribution in [3.8, 4) is 0 Å². The fourth-order valence-electron chi connectivity index (χ4n) is 1.36. The Bertz CT molecular complexity index is 426. The van der Waals surface area contributed by atoms with Crippen LogP contribution in [-0.4, -0.2) is 29.9 Å². The minimum atomic E-state index is 0.146. The molecule has 2 rings (SSSR count). The van der Waals surface area contributed by atoms with Crippen molar-refractivity contribution in [3.05, 3.63) is 24.3 Å². The first kappa shape index (κ1) is 10.2. The summed E-state index contributed by atoms with van der Waals surface area (Å²) in [5.41, 5.74) is 0.886. The number of fused-ring (bicyclic) bond motifs is 1. The maximum absolute atomic E-state index is 11.6. The molecule has 0 saturated heterocycles. The maximum Gasteiger partial charge on any atom is 0.201 e. The van der Waals surface area contributed by atoms with Crippen LogP contribution in [-0.2, 0) is 4.79 Å². The molecule has 1 aromatic rings. The number of thioether (sulfide) groups is 1. The van der Waals surface area contributed by atoms with Crippen LogP contribution in [0.15, 0.2) is 34.2 Å². The smallest absolute Gasteiger partial charge is 0.201 e. The molecule has 1 heterocycles. The Morgan fingerprint density at radius 1 is 1.33 bits per heavy atom. The fraction of sp³-hybridized carbons (Fsp3) is 0.273. The van der Waals surface area contributed by atoms with Gasteiger partial charge >= 0.3 is 0 Å². The van der Waals surface area contributed by atoms with Crippen LogP contribution in [0.4, 0.5) is 5.69 Å².